The van der Waals surface area contributed by atoms with Gasteiger partial charge in [0.2, 0.25) is 0 Å². The van der Waals surface area contributed by atoms with Crippen LogP contribution in [0.25, 0.3) is 0 Å². The van der Waals surface area contributed by atoms with Crippen LogP contribution in [0.3, 0.4) is 0 Å². The van der Waals surface area contributed by atoms with E-state index in [1.54, 1.807) is 7.11 Å². The fourth-order valence-corrected chi connectivity index (χ4v) is 3.61. The van der Waals surface area contributed by atoms with Gasteiger partial charge in [-0.25, -0.2) is 0 Å². The highest BCUT2D eigenvalue weighted by Gasteiger charge is 2.30. The number of nitrogens with one attached hydrogen (secondary N) is 1. The number of amides is 1. The van der Waals surface area contributed by atoms with Gasteiger partial charge in [-0.1, -0.05) is 12.1 Å². The maximum atomic E-state index is 12.6. The average Bonchev–Trinajstić information content (AvgIpc) is 3.09. The lowest BCUT2D eigenvalue weighted by molar-refractivity contribution is 0.0671. The van der Waals surface area contributed by atoms with Crippen LogP contribution in [0.15, 0.2) is 24.3 Å². The van der Waals surface area contributed by atoms with Gasteiger partial charge < -0.3 is 15.0 Å². The van der Waals surface area contributed by atoms with Crippen molar-refractivity contribution in [2.75, 3.05) is 26.7 Å². The molecular formula is C17H24N2O2. The molecule has 1 aromatic carbocycles. The third-order valence-electron chi connectivity index (χ3n) is 4.83. The van der Waals surface area contributed by atoms with Crippen LogP contribution in [0.1, 0.15) is 36.0 Å². The molecular weight excluding hydrogens is 264 g/mol. The van der Waals surface area contributed by atoms with E-state index in [4.69, 9.17) is 4.74 Å². The Balaban J connectivity index is 1.62. The molecule has 0 aromatic heterocycles. The Bertz CT molecular complexity index is 489. The molecule has 0 saturated carbocycles. The lowest BCUT2D eigenvalue weighted by atomic mass is 9.88. The summed E-state index contributed by atoms with van der Waals surface area (Å²) in [5.74, 6) is 1.50. The molecule has 1 aromatic rings. The predicted molar refractivity (Wildman–Crippen MR) is 82.6 cm³/mol. The Morgan fingerprint density at radius 1 is 1.24 bits per heavy atom. The fraction of sp³-hybridized carbons (Fsp3) is 0.588. The molecule has 2 fully saturated rings. The normalized spacial score (nSPS) is 23.3. The summed E-state index contributed by atoms with van der Waals surface area (Å²) in [5.41, 5.74) is 0.678. The van der Waals surface area contributed by atoms with Crippen molar-refractivity contribution >= 4 is 5.91 Å². The summed E-state index contributed by atoms with van der Waals surface area (Å²) in [7, 11) is 1.62. The van der Waals surface area contributed by atoms with E-state index in [1.165, 1.54) is 12.8 Å². The molecule has 1 atom stereocenters. The highest BCUT2D eigenvalue weighted by atomic mass is 16.5. The zero-order chi connectivity index (χ0) is 14.7. The second-order valence-corrected chi connectivity index (χ2v) is 6.03. The highest BCUT2D eigenvalue weighted by molar-refractivity contribution is 5.97. The fourth-order valence-electron chi connectivity index (χ4n) is 3.61. The molecule has 2 aliphatic heterocycles. The van der Waals surface area contributed by atoms with Gasteiger partial charge >= 0.3 is 0 Å². The number of ether oxygens (including phenoxy) is 1. The lowest BCUT2D eigenvalue weighted by Crippen LogP contribution is -2.43. The summed E-state index contributed by atoms with van der Waals surface area (Å²) in [5, 5.41) is 3.60. The van der Waals surface area contributed by atoms with Crippen LogP contribution in [0.4, 0.5) is 0 Å². The van der Waals surface area contributed by atoms with E-state index >= 15 is 0 Å². The average molecular weight is 288 g/mol. The lowest BCUT2D eigenvalue weighted by Gasteiger charge is -2.35. The molecule has 4 nitrogen and oxygen atoms in total. The molecule has 2 heterocycles. The first-order valence-electron chi connectivity index (χ1n) is 7.95. The van der Waals surface area contributed by atoms with Crippen molar-refractivity contribution in [2.45, 2.75) is 31.7 Å². The quantitative estimate of drug-likeness (QED) is 0.928. The van der Waals surface area contributed by atoms with Crippen LogP contribution < -0.4 is 10.1 Å². The number of nitrogens with zero attached hydrogens (tertiary/aromatic N) is 1. The third-order valence-corrected chi connectivity index (χ3v) is 4.83. The van der Waals surface area contributed by atoms with Gasteiger partial charge in [-0.3, -0.25) is 4.79 Å². The number of methoxy groups -OCH3 is 1. The number of benzene rings is 1. The van der Waals surface area contributed by atoms with Gasteiger partial charge in [0.15, 0.2) is 0 Å². The van der Waals surface area contributed by atoms with Gasteiger partial charge in [-0.15, -0.1) is 0 Å². The minimum atomic E-state index is 0.102. The molecule has 0 spiro atoms. The van der Waals surface area contributed by atoms with E-state index in [2.05, 4.69) is 5.32 Å². The Labute approximate surface area is 126 Å². The summed E-state index contributed by atoms with van der Waals surface area (Å²) >= 11 is 0. The smallest absolute Gasteiger partial charge is 0.257 e. The standard InChI is InChI=1S/C17H24N2O2/c1-21-16-7-3-2-5-14(16)17(20)19-11-8-13(9-12-19)15-6-4-10-18-15/h2-3,5,7,13,15,18H,4,6,8-12H2,1H3. The van der Waals surface area contributed by atoms with Gasteiger partial charge in [-0.2, -0.15) is 0 Å². The number of hydrogen-bond donors (Lipinski definition) is 1. The summed E-state index contributed by atoms with van der Waals surface area (Å²) in [4.78, 5) is 14.6. The van der Waals surface area contributed by atoms with E-state index in [0.717, 1.165) is 38.4 Å². The van der Waals surface area contributed by atoms with Gasteiger partial charge in [-0.05, 0) is 50.3 Å². The summed E-state index contributed by atoms with van der Waals surface area (Å²) in [6.07, 6.45) is 4.81. The molecule has 2 aliphatic rings. The van der Waals surface area contributed by atoms with Crippen LogP contribution in [-0.4, -0.2) is 43.6 Å². The number of para-hydroxylation sites is 1. The van der Waals surface area contributed by atoms with E-state index in [-0.39, 0.29) is 5.91 Å². The van der Waals surface area contributed by atoms with Crippen LogP contribution in [0.5, 0.6) is 5.75 Å². The molecule has 2 saturated heterocycles. The topological polar surface area (TPSA) is 41.6 Å². The maximum Gasteiger partial charge on any atom is 0.257 e. The van der Waals surface area contributed by atoms with Crippen molar-refractivity contribution in [1.82, 2.24) is 10.2 Å². The molecule has 0 radical (unpaired) electrons. The number of carbonyl (C=O) groups is 1. The zero-order valence-corrected chi connectivity index (χ0v) is 12.7. The van der Waals surface area contributed by atoms with Crippen LogP contribution in [-0.2, 0) is 0 Å². The number of likely N-dealkylation sites (tertiary alicyclic amines) is 1. The molecule has 21 heavy (non-hydrogen) atoms. The number of rotatable bonds is 3. The number of hydrogen-bond acceptors (Lipinski definition) is 3. The third kappa shape index (κ3) is 3.05. The molecule has 1 amide bonds. The molecule has 114 valence electrons. The zero-order valence-electron chi connectivity index (χ0n) is 12.7. The first kappa shape index (κ1) is 14.4. The molecule has 3 rings (SSSR count). The Hall–Kier alpha value is -1.55. The SMILES string of the molecule is COc1ccccc1C(=O)N1CCC(C2CCCN2)CC1. The Kier molecular flexibility index (Phi) is 4.44. The largest absolute Gasteiger partial charge is 0.496 e. The summed E-state index contributed by atoms with van der Waals surface area (Å²) in [6, 6.07) is 8.17. The predicted octanol–water partition coefficient (Wildman–Crippen LogP) is 2.30. The van der Waals surface area contributed by atoms with Crippen molar-refractivity contribution < 1.29 is 9.53 Å². The minimum absolute atomic E-state index is 0.102. The van der Waals surface area contributed by atoms with Crippen molar-refractivity contribution in [1.29, 1.82) is 0 Å². The van der Waals surface area contributed by atoms with E-state index < -0.39 is 0 Å². The summed E-state index contributed by atoms with van der Waals surface area (Å²) < 4.78 is 5.30. The second kappa shape index (κ2) is 6.48. The first-order chi connectivity index (χ1) is 10.3. The Morgan fingerprint density at radius 2 is 2.00 bits per heavy atom. The minimum Gasteiger partial charge on any atom is -0.496 e. The Morgan fingerprint density at radius 3 is 2.67 bits per heavy atom. The van der Waals surface area contributed by atoms with Crippen molar-refractivity contribution in [3.63, 3.8) is 0 Å². The second-order valence-electron chi connectivity index (χ2n) is 6.03. The van der Waals surface area contributed by atoms with Crippen molar-refractivity contribution in [3.8, 4) is 5.75 Å². The molecule has 4 heteroatoms. The van der Waals surface area contributed by atoms with Gasteiger partial charge in [0.05, 0.1) is 12.7 Å². The number of carbonyl (C=O) groups excluding carboxylic acids is 1. The van der Waals surface area contributed by atoms with Crippen LogP contribution >= 0.6 is 0 Å². The highest BCUT2D eigenvalue weighted by Crippen LogP contribution is 2.27. The van der Waals surface area contributed by atoms with E-state index in [9.17, 15) is 4.79 Å². The van der Waals surface area contributed by atoms with Crippen molar-refractivity contribution in [2.24, 2.45) is 5.92 Å². The van der Waals surface area contributed by atoms with Crippen LogP contribution in [0.2, 0.25) is 0 Å². The molecule has 1 N–H and O–H groups in total. The first-order valence-corrected chi connectivity index (χ1v) is 7.95. The van der Waals surface area contributed by atoms with E-state index in [1.807, 2.05) is 29.2 Å². The molecule has 0 aliphatic carbocycles. The maximum absolute atomic E-state index is 12.6. The van der Waals surface area contributed by atoms with Crippen molar-refractivity contribution in [3.05, 3.63) is 29.8 Å². The van der Waals surface area contributed by atoms with Crippen LogP contribution in [0, 0.1) is 5.92 Å². The van der Waals surface area contributed by atoms with Gasteiger partial charge in [0, 0.05) is 19.1 Å². The summed E-state index contributed by atoms with van der Waals surface area (Å²) in [6.45, 7) is 2.88. The van der Waals surface area contributed by atoms with E-state index in [0.29, 0.717) is 17.4 Å². The molecule has 1 unspecified atom stereocenters. The van der Waals surface area contributed by atoms with Gasteiger partial charge in [0.25, 0.3) is 5.91 Å². The number of piperidine rings is 1. The monoisotopic (exact) mass is 288 g/mol. The molecule has 0 bridgehead atoms. The van der Waals surface area contributed by atoms with Gasteiger partial charge in [0.1, 0.15) is 5.75 Å².